The summed E-state index contributed by atoms with van der Waals surface area (Å²) in [6.07, 6.45) is 2.21. The molecule has 2 aromatic rings. The van der Waals surface area contributed by atoms with Gasteiger partial charge in [0.25, 0.3) is 5.91 Å². The number of nitrogens with one attached hydrogen (secondary N) is 3. The molecule has 0 atom stereocenters. The van der Waals surface area contributed by atoms with Gasteiger partial charge in [-0.2, -0.15) is 0 Å². The Morgan fingerprint density at radius 3 is 2.14 bits per heavy atom. The number of amides is 3. The molecule has 3 rings (SSSR count). The maximum Gasteiger partial charge on any atom is 0.323 e. The van der Waals surface area contributed by atoms with Crippen molar-refractivity contribution in [2.45, 2.75) is 26.7 Å². The van der Waals surface area contributed by atoms with Crippen LogP contribution in [0.2, 0.25) is 0 Å². The lowest BCUT2D eigenvalue weighted by molar-refractivity contribution is 0.0949. The van der Waals surface area contributed by atoms with Crippen LogP contribution in [0.5, 0.6) is 11.5 Å². The lowest BCUT2D eigenvalue weighted by Crippen LogP contribution is -2.35. The number of benzene rings is 2. The second-order valence-electron chi connectivity index (χ2n) is 8.39. The van der Waals surface area contributed by atoms with Crippen molar-refractivity contribution in [2.75, 3.05) is 69.0 Å². The molecule has 1 aliphatic rings. The van der Waals surface area contributed by atoms with Gasteiger partial charge in [-0.15, -0.1) is 0 Å². The molecule has 1 aliphatic heterocycles. The van der Waals surface area contributed by atoms with Crippen molar-refractivity contribution in [3.8, 4) is 11.5 Å². The maximum atomic E-state index is 13.1. The minimum atomic E-state index is -0.429. The van der Waals surface area contributed by atoms with Crippen LogP contribution in [0.25, 0.3) is 0 Å². The maximum absolute atomic E-state index is 13.1. The third-order valence-corrected chi connectivity index (χ3v) is 6.16. The first-order chi connectivity index (χ1) is 17.0. The lowest BCUT2D eigenvalue weighted by atomic mass is 10.1. The molecule has 1 heterocycles. The third kappa shape index (κ3) is 7.26. The van der Waals surface area contributed by atoms with Crippen LogP contribution in [-0.4, -0.2) is 70.3 Å². The number of methoxy groups -OCH3 is 2. The Morgan fingerprint density at radius 1 is 0.914 bits per heavy atom. The summed E-state index contributed by atoms with van der Waals surface area (Å²) in [6, 6.07) is 10.2. The molecule has 0 spiro atoms. The van der Waals surface area contributed by atoms with Gasteiger partial charge in [0, 0.05) is 61.4 Å². The zero-order valence-electron chi connectivity index (χ0n) is 21.1. The van der Waals surface area contributed by atoms with Crippen LogP contribution in [0.3, 0.4) is 0 Å². The van der Waals surface area contributed by atoms with Crippen molar-refractivity contribution < 1.29 is 19.1 Å². The van der Waals surface area contributed by atoms with Gasteiger partial charge in [-0.25, -0.2) is 4.79 Å². The molecule has 9 nitrogen and oxygen atoms in total. The Morgan fingerprint density at radius 2 is 1.54 bits per heavy atom. The smallest absolute Gasteiger partial charge is 0.323 e. The minimum absolute atomic E-state index is 0.138. The summed E-state index contributed by atoms with van der Waals surface area (Å²) in [5, 5.41) is 8.67. The third-order valence-electron chi connectivity index (χ3n) is 6.16. The van der Waals surface area contributed by atoms with Gasteiger partial charge in [0.2, 0.25) is 0 Å². The van der Waals surface area contributed by atoms with Crippen molar-refractivity contribution in [3.05, 3.63) is 42.0 Å². The first-order valence-electron chi connectivity index (χ1n) is 12.2. The summed E-state index contributed by atoms with van der Waals surface area (Å²) in [7, 11) is 3.10. The molecule has 190 valence electrons. The van der Waals surface area contributed by atoms with Crippen molar-refractivity contribution in [2.24, 2.45) is 0 Å². The fourth-order valence-electron chi connectivity index (χ4n) is 4.17. The molecule has 3 amide bonds. The van der Waals surface area contributed by atoms with E-state index in [-0.39, 0.29) is 5.91 Å². The van der Waals surface area contributed by atoms with Gasteiger partial charge in [-0.1, -0.05) is 13.8 Å². The van der Waals surface area contributed by atoms with E-state index >= 15 is 0 Å². The van der Waals surface area contributed by atoms with E-state index in [1.807, 2.05) is 12.1 Å². The summed E-state index contributed by atoms with van der Waals surface area (Å²) in [6.45, 7) is 9.31. The highest BCUT2D eigenvalue weighted by molar-refractivity contribution is 6.04. The van der Waals surface area contributed by atoms with E-state index < -0.39 is 6.03 Å². The SMILES string of the molecule is CCN(CC)CCNC(=O)c1cc(NC(=O)Nc2cc(OC)cc(OC)c2)ccc1N1CCCC1. The number of likely N-dealkylation sites (N-methyl/N-ethyl adjacent to an activating group) is 1. The van der Waals surface area contributed by atoms with Crippen LogP contribution in [0.1, 0.15) is 37.0 Å². The molecule has 9 heteroatoms. The summed E-state index contributed by atoms with van der Waals surface area (Å²) in [4.78, 5) is 30.3. The quantitative estimate of drug-likeness (QED) is 0.447. The number of anilines is 3. The highest BCUT2D eigenvalue weighted by Gasteiger charge is 2.20. The average Bonchev–Trinajstić information content (AvgIpc) is 3.41. The standard InChI is InChI=1S/C26H37N5O4/c1-5-30(6-2)14-11-27-25(32)23-17-19(9-10-24(23)31-12-7-8-13-31)28-26(33)29-20-15-21(34-3)18-22(16-20)35-4/h9-10,15-18H,5-8,11-14H2,1-4H3,(H,27,32)(H2,28,29,33). The number of urea groups is 1. The minimum Gasteiger partial charge on any atom is -0.497 e. The van der Waals surface area contributed by atoms with Gasteiger partial charge >= 0.3 is 6.03 Å². The predicted molar refractivity (Wildman–Crippen MR) is 140 cm³/mol. The number of carbonyl (C=O) groups is 2. The second-order valence-corrected chi connectivity index (χ2v) is 8.39. The van der Waals surface area contributed by atoms with Crippen LogP contribution in [0.4, 0.5) is 21.9 Å². The normalized spacial score (nSPS) is 13.0. The molecule has 0 bridgehead atoms. The summed E-state index contributed by atoms with van der Waals surface area (Å²) < 4.78 is 10.5. The largest absolute Gasteiger partial charge is 0.497 e. The number of rotatable bonds is 11. The first kappa shape index (κ1) is 26.2. The molecule has 35 heavy (non-hydrogen) atoms. The Balaban J connectivity index is 1.74. The van der Waals surface area contributed by atoms with Gasteiger partial charge in [-0.3, -0.25) is 4.79 Å². The molecule has 0 unspecified atom stereocenters. The number of nitrogens with zero attached hydrogens (tertiary/aromatic N) is 2. The van der Waals surface area contributed by atoms with Crippen molar-refractivity contribution in [1.82, 2.24) is 10.2 Å². The Labute approximate surface area is 207 Å². The molecule has 3 N–H and O–H groups in total. The van der Waals surface area contributed by atoms with E-state index in [0.717, 1.165) is 51.3 Å². The fraction of sp³-hybridized carbons (Fsp3) is 0.462. The number of ether oxygens (including phenoxy) is 2. The highest BCUT2D eigenvalue weighted by Crippen LogP contribution is 2.28. The van der Waals surface area contributed by atoms with E-state index in [1.165, 1.54) is 0 Å². The van der Waals surface area contributed by atoms with E-state index in [4.69, 9.17) is 9.47 Å². The van der Waals surface area contributed by atoms with Gasteiger partial charge in [0.05, 0.1) is 19.8 Å². The average molecular weight is 484 g/mol. The lowest BCUT2D eigenvalue weighted by Gasteiger charge is -2.23. The molecular formula is C26H37N5O4. The van der Waals surface area contributed by atoms with Gasteiger partial charge < -0.3 is 35.2 Å². The highest BCUT2D eigenvalue weighted by atomic mass is 16.5. The van der Waals surface area contributed by atoms with Crippen LogP contribution in [0.15, 0.2) is 36.4 Å². The number of hydrogen-bond acceptors (Lipinski definition) is 6. The summed E-state index contributed by atoms with van der Waals surface area (Å²) >= 11 is 0. The second kappa shape index (κ2) is 12.9. The Hall–Kier alpha value is -3.46. The zero-order chi connectivity index (χ0) is 25.2. The molecule has 0 saturated carbocycles. The number of hydrogen-bond donors (Lipinski definition) is 3. The van der Waals surface area contributed by atoms with Crippen molar-refractivity contribution in [1.29, 1.82) is 0 Å². The monoisotopic (exact) mass is 483 g/mol. The Bertz CT molecular complexity index is 981. The van der Waals surface area contributed by atoms with Crippen LogP contribution < -0.4 is 30.3 Å². The Kier molecular flexibility index (Phi) is 9.60. The predicted octanol–water partition coefficient (Wildman–Crippen LogP) is 4.02. The van der Waals surface area contributed by atoms with Crippen molar-refractivity contribution >= 4 is 29.0 Å². The fourth-order valence-corrected chi connectivity index (χ4v) is 4.17. The summed E-state index contributed by atoms with van der Waals surface area (Å²) in [5.74, 6) is 0.997. The molecule has 2 aromatic carbocycles. The first-order valence-corrected chi connectivity index (χ1v) is 12.2. The molecule has 0 aliphatic carbocycles. The molecular weight excluding hydrogens is 446 g/mol. The van der Waals surface area contributed by atoms with E-state index in [2.05, 4.69) is 39.6 Å². The molecule has 0 radical (unpaired) electrons. The molecule has 0 aromatic heterocycles. The van der Waals surface area contributed by atoms with Crippen LogP contribution in [-0.2, 0) is 0 Å². The summed E-state index contributed by atoms with van der Waals surface area (Å²) in [5.41, 5.74) is 2.52. The zero-order valence-corrected chi connectivity index (χ0v) is 21.1. The van der Waals surface area contributed by atoms with Crippen molar-refractivity contribution in [3.63, 3.8) is 0 Å². The van der Waals surface area contributed by atoms with Gasteiger partial charge in [0.15, 0.2) is 0 Å². The van der Waals surface area contributed by atoms with Gasteiger partial charge in [-0.05, 0) is 44.1 Å². The topological polar surface area (TPSA) is 95.2 Å². The van der Waals surface area contributed by atoms with Crippen LogP contribution in [0, 0.1) is 0 Å². The van der Waals surface area contributed by atoms with E-state index in [9.17, 15) is 9.59 Å². The number of carbonyl (C=O) groups excluding carboxylic acids is 2. The molecule has 1 saturated heterocycles. The van der Waals surface area contributed by atoms with E-state index in [1.54, 1.807) is 38.5 Å². The molecule has 1 fully saturated rings. The van der Waals surface area contributed by atoms with Gasteiger partial charge in [0.1, 0.15) is 11.5 Å². The van der Waals surface area contributed by atoms with E-state index in [0.29, 0.717) is 35.0 Å². The van der Waals surface area contributed by atoms with Crippen LogP contribution >= 0.6 is 0 Å².